The Bertz CT molecular complexity index is 565. The molecule has 1 fully saturated rings. The third-order valence-corrected chi connectivity index (χ3v) is 3.42. The summed E-state index contributed by atoms with van der Waals surface area (Å²) in [6.07, 6.45) is 2.91. The highest BCUT2D eigenvalue weighted by Gasteiger charge is 2.35. The van der Waals surface area contributed by atoms with Crippen LogP contribution in [0.15, 0.2) is 6.20 Å². The van der Waals surface area contributed by atoms with E-state index in [-0.39, 0.29) is 11.3 Å². The lowest BCUT2D eigenvalue weighted by Crippen LogP contribution is -2.48. The van der Waals surface area contributed by atoms with Gasteiger partial charge in [-0.25, -0.2) is 9.59 Å². The Morgan fingerprint density at radius 3 is 2.60 bits per heavy atom. The molecule has 2 N–H and O–H groups in total. The first-order valence-corrected chi connectivity index (χ1v) is 6.22. The average Bonchev–Trinajstić information content (AvgIpc) is 2.80. The van der Waals surface area contributed by atoms with E-state index in [1.807, 2.05) is 0 Å². The fraction of sp³-hybridized carbons (Fsp3) is 0.500. The number of rotatable bonds is 3. The van der Waals surface area contributed by atoms with Crippen LogP contribution in [0.25, 0.3) is 0 Å². The molecule has 8 heteroatoms. The highest BCUT2D eigenvalue weighted by molar-refractivity contribution is 6.04. The van der Waals surface area contributed by atoms with Gasteiger partial charge in [-0.2, -0.15) is 5.10 Å². The smallest absolute Gasteiger partial charge is 0.339 e. The molecule has 2 heterocycles. The van der Waals surface area contributed by atoms with Gasteiger partial charge >= 0.3 is 11.9 Å². The number of aromatic carboxylic acids is 1. The predicted molar refractivity (Wildman–Crippen MR) is 66.5 cm³/mol. The van der Waals surface area contributed by atoms with E-state index in [2.05, 4.69) is 5.10 Å². The Morgan fingerprint density at radius 2 is 2.00 bits per heavy atom. The number of carboxylic acid groups (broad SMARTS) is 2. The minimum atomic E-state index is -1.26. The Kier molecular flexibility index (Phi) is 3.73. The van der Waals surface area contributed by atoms with Crippen LogP contribution < -0.4 is 0 Å². The second-order valence-electron chi connectivity index (χ2n) is 4.68. The molecule has 0 spiro atoms. The fourth-order valence-corrected chi connectivity index (χ4v) is 2.42. The zero-order valence-electron chi connectivity index (χ0n) is 10.9. The quantitative estimate of drug-likeness (QED) is 0.818. The van der Waals surface area contributed by atoms with Gasteiger partial charge < -0.3 is 15.1 Å². The highest BCUT2D eigenvalue weighted by atomic mass is 16.4. The first-order chi connectivity index (χ1) is 9.43. The van der Waals surface area contributed by atoms with Gasteiger partial charge in [-0.15, -0.1) is 0 Å². The van der Waals surface area contributed by atoms with Crippen LogP contribution in [0.3, 0.4) is 0 Å². The van der Waals surface area contributed by atoms with Crippen LogP contribution >= 0.6 is 0 Å². The second-order valence-corrected chi connectivity index (χ2v) is 4.68. The number of carbonyl (C=O) groups is 3. The summed E-state index contributed by atoms with van der Waals surface area (Å²) in [7, 11) is 1.46. The van der Waals surface area contributed by atoms with Crippen molar-refractivity contribution in [1.29, 1.82) is 0 Å². The first kappa shape index (κ1) is 14.0. The normalized spacial score (nSPS) is 18.9. The molecule has 1 aliphatic rings. The molecule has 0 unspecified atom stereocenters. The third kappa shape index (κ3) is 2.36. The van der Waals surface area contributed by atoms with Crippen LogP contribution in [0.1, 0.15) is 40.1 Å². The molecule has 1 saturated heterocycles. The van der Waals surface area contributed by atoms with Gasteiger partial charge in [-0.3, -0.25) is 9.48 Å². The summed E-state index contributed by atoms with van der Waals surface area (Å²) in [5.41, 5.74) is -0.308. The SMILES string of the molecule is Cn1ncc(C(=O)O)c1C(=O)N1CCCC[C@@H]1C(=O)O. The van der Waals surface area contributed by atoms with Crippen molar-refractivity contribution in [1.82, 2.24) is 14.7 Å². The van der Waals surface area contributed by atoms with Gasteiger partial charge in [0.05, 0.1) is 6.20 Å². The summed E-state index contributed by atoms with van der Waals surface area (Å²) >= 11 is 0. The molecule has 1 aliphatic heterocycles. The molecule has 8 nitrogen and oxygen atoms in total. The lowest BCUT2D eigenvalue weighted by molar-refractivity contribution is -0.143. The Hall–Kier alpha value is -2.38. The molecule has 0 saturated carbocycles. The van der Waals surface area contributed by atoms with Crippen molar-refractivity contribution < 1.29 is 24.6 Å². The molecule has 0 aliphatic carbocycles. The first-order valence-electron chi connectivity index (χ1n) is 6.22. The van der Waals surface area contributed by atoms with Crippen molar-refractivity contribution in [2.45, 2.75) is 25.3 Å². The number of nitrogens with zero attached hydrogens (tertiary/aromatic N) is 3. The van der Waals surface area contributed by atoms with Crippen LogP contribution in [-0.2, 0) is 11.8 Å². The van der Waals surface area contributed by atoms with E-state index >= 15 is 0 Å². The maximum Gasteiger partial charge on any atom is 0.339 e. The minimum absolute atomic E-state index is 0.0920. The van der Waals surface area contributed by atoms with Crippen molar-refractivity contribution in [3.63, 3.8) is 0 Å². The molecule has 2 rings (SSSR count). The van der Waals surface area contributed by atoms with Crippen molar-refractivity contribution in [2.75, 3.05) is 6.54 Å². The molecule has 0 aromatic carbocycles. The largest absolute Gasteiger partial charge is 0.480 e. The summed E-state index contributed by atoms with van der Waals surface area (Å²) in [6, 6.07) is -0.909. The number of likely N-dealkylation sites (tertiary alicyclic amines) is 1. The van der Waals surface area contributed by atoms with Crippen molar-refractivity contribution in [3.05, 3.63) is 17.5 Å². The molecular weight excluding hydrogens is 266 g/mol. The topological polar surface area (TPSA) is 113 Å². The molecule has 20 heavy (non-hydrogen) atoms. The number of aryl methyl sites for hydroxylation is 1. The van der Waals surface area contributed by atoms with Crippen molar-refractivity contribution in [2.24, 2.45) is 7.05 Å². The van der Waals surface area contributed by atoms with E-state index in [0.29, 0.717) is 19.4 Å². The Balaban J connectivity index is 2.37. The van der Waals surface area contributed by atoms with E-state index in [9.17, 15) is 19.5 Å². The van der Waals surface area contributed by atoms with Gasteiger partial charge in [0.25, 0.3) is 5.91 Å². The number of carbonyl (C=O) groups excluding carboxylic acids is 1. The van der Waals surface area contributed by atoms with Crippen molar-refractivity contribution >= 4 is 17.8 Å². The summed E-state index contributed by atoms with van der Waals surface area (Å²) in [6.45, 7) is 0.306. The monoisotopic (exact) mass is 281 g/mol. The van der Waals surface area contributed by atoms with E-state index in [4.69, 9.17) is 5.11 Å². The molecule has 0 radical (unpaired) electrons. The molecule has 1 aromatic heterocycles. The van der Waals surface area contributed by atoms with Crippen LogP contribution in [-0.4, -0.2) is 55.3 Å². The van der Waals surface area contributed by atoms with Crippen LogP contribution in [0.4, 0.5) is 0 Å². The lowest BCUT2D eigenvalue weighted by atomic mass is 10.0. The summed E-state index contributed by atoms with van der Waals surface area (Å²) in [4.78, 5) is 36.0. The number of hydrogen-bond acceptors (Lipinski definition) is 4. The van der Waals surface area contributed by atoms with E-state index in [0.717, 1.165) is 12.6 Å². The fourth-order valence-electron chi connectivity index (χ4n) is 2.42. The zero-order valence-corrected chi connectivity index (χ0v) is 10.9. The number of amides is 1. The maximum absolute atomic E-state index is 12.5. The van der Waals surface area contributed by atoms with Crippen LogP contribution in [0.5, 0.6) is 0 Å². The van der Waals surface area contributed by atoms with Gasteiger partial charge in [-0.1, -0.05) is 0 Å². The van der Waals surface area contributed by atoms with Gasteiger partial charge in [0.1, 0.15) is 17.3 Å². The number of carboxylic acids is 2. The second kappa shape index (κ2) is 5.32. The standard InChI is InChI=1S/C12H15N3O5/c1-14-9(7(6-13-14)11(17)18)10(16)15-5-3-2-4-8(15)12(19)20/h6,8H,2-5H2,1H3,(H,17,18)(H,19,20)/t8-/m1/s1. The van der Waals surface area contributed by atoms with Crippen LogP contribution in [0.2, 0.25) is 0 Å². The predicted octanol–water partition coefficient (Wildman–Crippen LogP) is 0.198. The van der Waals surface area contributed by atoms with Gasteiger partial charge in [-0.05, 0) is 19.3 Å². The van der Waals surface area contributed by atoms with E-state index < -0.39 is 23.9 Å². The summed E-state index contributed by atoms with van der Waals surface area (Å²) < 4.78 is 1.17. The zero-order chi connectivity index (χ0) is 14.9. The van der Waals surface area contributed by atoms with Crippen molar-refractivity contribution in [3.8, 4) is 0 Å². The van der Waals surface area contributed by atoms with Gasteiger partial charge in [0.15, 0.2) is 0 Å². The van der Waals surface area contributed by atoms with Gasteiger partial charge in [0.2, 0.25) is 0 Å². The number of aromatic nitrogens is 2. The summed E-state index contributed by atoms with van der Waals surface area (Å²) in [5, 5.41) is 22.0. The molecule has 108 valence electrons. The number of aliphatic carboxylic acids is 1. The molecule has 1 aromatic rings. The molecule has 0 bridgehead atoms. The number of hydrogen-bond donors (Lipinski definition) is 2. The maximum atomic E-state index is 12.5. The van der Waals surface area contributed by atoms with E-state index in [1.54, 1.807) is 0 Å². The minimum Gasteiger partial charge on any atom is -0.480 e. The summed E-state index contributed by atoms with van der Waals surface area (Å²) in [5.74, 6) is -2.93. The lowest BCUT2D eigenvalue weighted by Gasteiger charge is -2.32. The Labute approximate surface area is 114 Å². The molecule has 1 amide bonds. The van der Waals surface area contributed by atoms with Gasteiger partial charge in [0, 0.05) is 13.6 Å². The molecule has 1 atom stereocenters. The van der Waals surface area contributed by atoms with E-state index in [1.165, 1.54) is 16.6 Å². The molecular formula is C12H15N3O5. The number of piperidine rings is 1. The highest BCUT2D eigenvalue weighted by Crippen LogP contribution is 2.21. The van der Waals surface area contributed by atoms with Crippen LogP contribution in [0, 0.1) is 0 Å². The average molecular weight is 281 g/mol. The Morgan fingerprint density at radius 1 is 1.30 bits per heavy atom. The third-order valence-electron chi connectivity index (χ3n) is 3.42.